The van der Waals surface area contributed by atoms with E-state index in [0.717, 1.165) is 18.3 Å². The van der Waals surface area contributed by atoms with Gasteiger partial charge in [-0.25, -0.2) is 0 Å². The Morgan fingerprint density at radius 1 is 1.60 bits per heavy atom. The Labute approximate surface area is 61.8 Å². The molecule has 2 N–H and O–H groups in total. The van der Waals surface area contributed by atoms with Gasteiger partial charge in [-0.3, -0.25) is 4.79 Å². The van der Waals surface area contributed by atoms with E-state index in [9.17, 15) is 10.0 Å². The van der Waals surface area contributed by atoms with Crippen LogP contribution in [0.5, 0.6) is 0 Å². The molecule has 62 valence electrons. The van der Waals surface area contributed by atoms with Crippen molar-refractivity contribution in [3.05, 3.63) is 5.21 Å². The van der Waals surface area contributed by atoms with Crippen LogP contribution < -0.4 is 5.48 Å². The van der Waals surface area contributed by atoms with Crippen LogP contribution in [0, 0.1) is 5.21 Å². The molecule has 0 saturated heterocycles. The zero-order valence-electron chi connectivity index (χ0n) is 6.83. The summed E-state index contributed by atoms with van der Waals surface area (Å²) in [6.45, 7) is 2.69. The first-order chi connectivity index (χ1) is 4.68. The summed E-state index contributed by atoms with van der Waals surface area (Å²) in [5, 5.41) is 9.40. The molecule has 0 spiro atoms. The van der Waals surface area contributed by atoms with E-state index >= 15 is 0 Å². The first-order valence-corrected chi connectivity index (χ1v) is 3.24. The lowest BCUT2D eigenvalue weighted by Gasteiger charge is -1.93. The van der Waals surface area contributed by atoms with Gasteiger partial charge in [0.1, 0.15) is 0 Å². The SMILES string of the molecule is CCC[NH2+][O-].CN(C)C=O. The molecule has 4 nitrogen and oxygen atoms in total. The molecule has 0 aromatic heterocycles. The minimum atomic E-state index is 0.708. The standard InChI is InChI=1S/C3H7NO.C3H9NO/c1-4(2)3-5;1-2-3-4-5/h3H,1-2H3;2-4H2,1H3. The molecule has 0 radical (unpaired) electrons. The van der Waals surface area contributed by atoms with Crippen LogP contribution in [0.25, 0.3) is 0 Å². The van der Waals surface area contributed by atoms with Gasteiger partial charge in [-0.2, -0.15) is 0 Å². The van der Waals surface area contributed by atoms with Gasteiger partial charge in [-0.05, 0) is 6.42 Å². The molecule has 0 aliphatic rings. The molecule has 0 atom stereocenters. The van der Waals surface area contributed by atoms with E-state index in [-0.39, 0.29) is 0 Å². The van der Waals surface area contributed by atoms with Crippen LogP contribution in [0.3, 0.4) is 0 Å². The lowest BCUT2D eigenvalue weighted by molar-refractivity contribution is -0.588. The molecule has 0 bridgehead atoms. The number of amides is 1. The number of hydrogen-bond acceptors (Lipinski definition) is 2. The summed E-state index contributed by atoms with van der Waals surface area (Å²) in [5.41, 5.74) is 0.931. The zero-order chi connectivity index (χ0) is 8.41. The Bertz CT molecular complexity index is 64.8. The third-order valence-electron chi connectivity index (χ3n) is 0.617. The van der Waals surface area contributed by atoms with Gasteiger partial charge in [0.15, 0.2) is 0 Å². The molecule has 0 aliphatic heterocycles. The van der Waals surface area contributed by atoms with Crippen molar-refractivity contribution >= 4 is 6.41 Å². The summed E-state index contributed by atoms with van der Waals surface area (Å²) in [6.07, 6.45) is 1.73. The summed E-state index contributed by atoms with van der Waals surface area (Å²) >= 11 is 0. The summed E-state index contributed by atoms with van der Waals surface area (Å²) in [5.74, 6) is 0. The number of nitrogens with two attached hydrogens (primary N) is 1. The summed E-state index contributed by atoms with van der Waals surface area (Å²) in [7, 11) is 3.38. The summed E-state index contributed by atoms with van der Waals surface area (Å²) in [6, 6.07) is 0. The van der Waals surface area contributed by atoms with Gasteiger partial charge in [0, 0.05) is 14.1 Å². The topological polar surface area (TPSA) is 60.0 Å². The van der Waals surface area contributed by atoms with Crippen molar-refractivity contribution in [2.75, 3.05) is 20.6 Å². The van der Waals surface area contributed by atoms with E-state index < -0.39 is 0 Å². The molecule has 10 heavy (non-hydrogen) atoms. The fourth-order valence-electron chi connectivity index (χ4n) is 0.118. The Balaban J connectivity index is 0. The minimum Gasteiger partial charge on any atom is -0.636 e. The maximum atomic E-state index is 9.43. The number of hydrogen-bond donors (Lipinski definition) is 1. The van der Waals surface area contributed by atoms with Crippen LogP contribution in [0.1, 0.15) is 13.3 Å². The first-order valence-electron chi connectivity index (χ1n) is 3.24. The number of hydroxylamine groups is 1. The molecule has 0 aromatic rings. The largest absolute Gasteiger partial charge is 0.636 e. The average Bonchev–Trinajstić information content (AvgIpc) is 1.91. The highest BCUT2D eigenvalue weighted by atomic mass is 16.5. The van der Waals surface area contributed by atoms with E-state index in [1.807, 2.05) is 6.92 Å². The van der Waals surface area contributed by atoms with Gasteiger partial charge >= 0.3 is 0 Å². The Morgan fingerprint density at radius 3 is 2.00 bits per heavy atom. The molecule has 0 heterocycles. The second-order valence-corrected chi connectivity index (χ2v) is 2.02. The van der Waals surface area contributed by atoms with Crippen molar-refractivity contribution in [3.8, 4) is 0 Å². The number of quaternary nitrogens is 1. The van der Waals surface area contributed by atoms with E-state index in [4.69, 9.17) is 0 Å². The molecule has 4 heteroatoms. The fraction of sp³-hybridized carbons (Fsp3) is 0.833. The van der Waals surface area contributed by atoms with Crippen LogP contribution in [-0.2, 0) is 4.79 Å². The maximum absolute atomic E-state index is 9.43. The first kappa shape index (κ1) is 12.1. The van der Waals surface area contributed by atoms with Gasteiger partial charge in [0.2, 0.25) is 6.41 Å². The normalized spacial score (nSPS) is 7.60. The van der Waals surface area contributed by atoms with Gasteiger partial charge in [0.05, 0.1) is 6.54 Å². The van der Waals surface area contributed by atoms with Crippen molar-refractivity contribution < 1.29 is 10.3 Å². The van der Waals surface area contributed by atoms with Crippen LogP contribution in [-0.4, -0.2) is 32.0 Å². The van der Waals surface area contributed by atoms with Crippen molar-refractivity contribution in [1.82, 2.24) is 4.90 Å². The zero-order valence-corrected chi connectivity index (χ0v) is 6.83. The molecular formula is C6H16N2O2. The summed E-state index contributed by atoms with van der Waals surface area (Å²) in [4.78, 5) is 10.9. The molecule has 1 amide bonds. The molecule has 0 unspecified atom stereocenters. The predicted molar refractivity (Wildman–Crippen MR) is 40.2 cm³/mol. The highest BCUT2D eigenvalue weighted by Crippen LogP contribution is 1.56. The van der Waals surface area contributed by atoms with Crippen molar-refractivity contribution in [1.29, 1.82) is 0 Å². The third kappa shape index (κ3) is 26.3. The van der Waals surface area contributed by atoms with Gasteiger partial charge in [-0.1, -0.05) is 6.92 Å². The molecule has 0 rings (SSSR count). The number of nitrogens with zero attached hydrogens (tertiary/aromatic N) is 1. The van der Waals surface area contributed by atoms with Crippen molar-refractivity contribution in [3.63, 3.8) is 0 Å². The number of rotatable bonds is 3. The Morgan fingerprint density at radius 2 is 2.00 bits per heavy atom. The minimum absolute atomic E-state index is 0.708. The average molecular weight is 148 g/mol. The smallest absolute Gasteiger partial charge is 0.209 e. The second kappa shape index (κ2) is 11.2. The predicted octanol–water partition coefficient (Wildman–Crippen LogP) is -0.838. The van der Waals surface area contributed by atoms with Crippen molar-refractivity contribution in [2.45, 2.75) is 13.3 Å². The Hall–Kier alpha value is -0.610. The van der Waals surface area contributed by atoms with Crippen LogP contribution in [0.4, 0.5) is 0 Å². The van der Waals surface area contributed by atoms with Crippen LogP contribution in [0.2, 0.25) is 0 Å². The molecule has 0 fully saturated rings. The lowest BCUT2D eigenvalue weighted by atomic mass is 10.5. The third-order valence-corrected chi connectivity index (χ3v) is 0.617. The van der Waals surface area contributed by atoms with Crippen LogP contribution in [0.15, 0.2) is 0 Å². The fourth-order valence-corrected chi connectivity index (χ4v) is 0.118. The molecular weight excluding hydrogens is 132 g/mol. The summed E-state index contributed by atoms with van der Waals surface area (Å²) < 4.78 is 0. The number of carbonyl (C=O) groups excluding carboxylic acids is 1. The Kier molecular flexibility index (Phi) is 13.6. The number of carbonyl (C=O) groups is 1. The maximum Gasteiger partial charge on any atom is 0.209 e. The van der Waals surface area contributed by atoms with Gasteiger partial charge in [0.25, 0.3) is 0 Å². The second-order valence-electron chi connectivity index (χ2n) is 2.02. The lowest BCUT2D eigenvalue weighted by Crippen LogP contribution is -2.77. The van der Waals surface area contributed by atoms with E-state index in [0.29, 0.717) is 6.54 Å². The molecule has 0 aromatic carbocycles. The monoisotopic (exact) mass is 148 g/mol. The molecule has 0 aliphatic carbocycles. The van der Waals surface area contributed by atoms with E-state index in [1.165, 1.54) is 4.90 Å². The van der Waals surface area contributed by atoms with Gasteiger partial charge < -0.3 is 15.6 Å². The van der Waals surface area contributed by atoms with E-state index in [1.54, 1.807) is 14.1 Å². The van der Waals surface area contributed by atoms with E-state index in [2.05, 4.69) is 0 Å². The van der Waals surface area contributed by atoms with Crippen LogP contribution >= 0.6 is 0 Å². The highest BCUT2D eigenvalue weighted by Gasteiger charge is 1.68. The molecule has 0 saturated carbocycles. The van der Waals surface area contributed by atoms with Crippen molar-refractivity contribution in [2.24, 2.45) is 0 Å². The van der Waals surface area contributed by atoms with Gasteiger partial charge in [-0.15, -0.1) is 0 Å². The quantitative estimate of drug-likeness (QED) is 0.419. The highest BCUT2D eigenvalue weighted by molar-refractivity contribution is 5.45.